The third-order valence-corrected chi connectivity index (χ3v) is 14.9. The molecule has 348 valence electrons. The van der Waals surface area contributed by atoms with E-state index in [2.05, 4.69) is 278 Å². The highest BCUT2D eigenvalue weighted by atomic mass is 15.0. The van der Waals surface area contributed by atoms with E-state index in [1.807, 2.05) is 0 Å². The molecule has 0 saturated heterocycles. The van der Waals surface area contributed by atoms with Crippen LogP contribution in [0.2, 0.25) is 0 Å². The van der Waals surface area contributed by atoms with E-state index in [-0.39, 0.29) is 0 Å². The lowest BCUT2D eigenvalue weighted by Gasteiger charge is -2.15. The van der Waals surface area contributed by atoms with Crippen molar-refractivity contribution in [2.45, 2.75) is 13.8 Å². The highest BCUT2D eigenvalue weighted by molar-refractivity contribution is 6.13. The van der Waals surface area contributed by atoms with Gasteiger partial charge in [-0.1, -0.05) is 176 Å². The van der Waals surface area contributed by atoms with Gasteiger partial charge >= 0.3 is 0 Å². The molecule has 3 heterocycles. The van der Waals surface area contributed by atoms with Crippen LogP contribution in [0.3, 0.4) is 0 Å². The van der Waals surface area contributed by atoms with E-state index in [1.54, 1.807) is 0 Å². The van der Waals surface area contributed by atoms with Crippen molar-refractivity contribution in [2.24, 2.45) is 0 Å². The summed E-state index contributed by atoms with van der Waals surface area (Å²) in [4.78, 5) is 10.9. The Morgan fingerprint density at radius 3 is 0.919 bits per heavy atom. The number of benzene rings is 11. The van der Waals surface area contributed by atoms with Crippen molar-refractivity contribution in [1.29, 1.82) is 0 Å². The van der Waals surface area contributed by atoms with Gasteiger partial charge in [-0.3, -0.25) is 0 Å². The molecule has 0 aliphatic heterocycles. The van der Waals surface area contributed by atoms with Gasteiger partial charge in [0.05, 0.1) is 44.5 Å². The number of aromatic nitrogens is 4. The fourth-order valence-corrected chi connectivity index (χ4v) is 11.3. The first-order chi connectivity index (χ1) is 36.5. The molecule has 0 atom stereocenters. The molecule has 0 radical (unpaired) electrons. The van der Waals surface area contributed by atoms with Crippen LogP contribution in [0, 0.1) is 13.8 Å². The largest absolute Gasteiger partial charge is 0.309 e. The first-order valence-electron chi connectivity index (χ1n) is 25.4. The summed E-state index contributed by atoms with van der Waals surface area (Å²) in [6.45, 7) is 4.27. The Hall–Kier alpha value is -9.64. The Kier molecular flexibility index (Phi) is 10.3. The van der Waals surface area contributed by atoms with Crippen LogP contribution in [-0.4, -0.2) is 19.1 Å². The van der Waals surface area contributed by atoms with Gasteiger partial charge < -0.3 is 9.13 Å². The summed E-state index contributed by atoms with van der Waals surface area (Å²) in [7, 11) is 0. The molecule has 4 nitrogen and oxygen atoms in total. The summed E-state index contributed by atoms with van der Waals surface area (Å²) in [5, 5.41) is 4.87. The predicted molar refractivity (Wildman–Crippen MR) is 310 cm³/mol. The maximum Gasteiger partial charge on any atom is 0.0973 e. The van der Waals surface area contributed by atoms with Crippen molar-refractivity contribution in [3.05, 3.63) is 266 Å². The zero-order valence-electron chi connectivity index (χ0n) is 41.0. The monoisotopic (exact) mass is 944 g/mol. The number of fused-ring (bicyclic) bond motifs is 7. The molecule has 74 heavy (non-hydrogen) atoms. The van der Waals surface area contributed by atoms with Crippen LogP contribution in [0.15, 0.2) is 255 Å². The molecule has 0 bridgehead atoms. The second kappa shape index (κ2) is 17.6. The molecule has 14 aromatic rings. The summed E-state index contributed by atoms with van der Waals surface area (Å²) >= 11 is 0. The topological polar surface area (TPSA) is 35.6 Å². The summed E-state index contributed by atoms with van der Waals surface area (Å²) in [5.74, 6) is 0. The van der Waals surface area contributed by atoms with Gasteiger partial charge in [0, 0.05) is 44.0 Å². The lowest BCUT2D eigenvalue weighted by molar-refractivity contribution is 1.18. The Morgan fingerprint density at radius 1 is 0.270 bits per heavy atom. The number of hydrogen-bond acceptors (Lipinski definition) is 2. The van der Waals surface area contributed by atoms with E-state index in [4.69, 9.17) is 9.97 Å². The number of hydrogen-bond donors (Lipinski definition) is 0. The number of aryl methyl sites for hydroxylation is 2. The van der Waals surface area contributed by atoms with Gasteiger partial charge in [-0.25, -0.2) is 9.97 Å². The molecule has 4 heteroatoms. The van der Waals surface area contributed by atoms with E-state index in [1.165, 1.54) is 66.1 Å². The summed E-state index contributed by atoms with van der Waals surface area (Å²) < 4.78 is 4.80. The van der Waals surface area contributed by atoms with E-state index in [9.17, 15) is 0 Å². The standard InChI is InChI=1S/C70H48N4/c1-45-39-46(2)68-63(40-45)71-69(51-23-31-57(32-24-51)73-64-35-27-53(47-15-7-3-8-16-47)41-59(64)60-42-54(28-36-65(60)73)48-17-9-4-10-18-48)70(72-68)52-25-33-58(34-26-52)74-66-37-29-55(49-19-11-5-12-20-49)43-61(66)62-44-56(30-38-67(62)74)50-21-13-6-14-22-50/h3-44H,1-2H3. The maximum atomic E-state index is 5.48. The molecule has 0 fully saturated rings. The Bertz CT molecular complexity index is 4250. The van der Waals surface area contributed by atoms with Gasteiger partial charge in [0.1, 0.15) is 0 Å². The first-order valence-corrected chi connectivity index (χ1v) is 25.4. The summed E-state index contributed by atoms with van der Waals surface area (Å²) in [5.41, 5.74) is 24.2. The average molecular weight is 945 g/mol. The Morgan fingerprint density at radius 2 is 0.581 bits per heavy atom. The van der Waals surface area contributed by atoms with Crippen molar-refractivity contribution < 1.29 is 0 Å². The molecule has 0 unspecified atom stereocenters. The molecule has 14 rings (SSSR count). The van der Waals surface area contributed by atoms with Gasteiger partial charge in [0.2, 0.25) is 0 Å². The lowest BCUT2D eigenvalue weighted by atomic mass is 10.0. The van der Waals surface area contributed by atoms with Crippen LogP contribution in [-0.2, 0) is 0 Å². The SMILES string of the molecule is Cc1cc(C)c2nc(-c3ccc(-n4c5ccc(-c6ccccc6)cc5c5cc(-c6ccccc6)ccc54)cc3)c(-c3ccc(-n4c5ccc(-c6ccccc6)cc5c5cc(-c6ccccc6)ccc54)cc3)nc2c1. The second-order valence-corrected chi connectivity index (χ2v) is 19.5. The molecular weight excluding hydrogens is 897 g/mol. The second-order valence-electron chi connectivity index (χ2n) is 19.5. The first kappa shape index (κ1) is 43.2. The third-order valence-electron chi connectivity index (χ3n) is 14.9. The molecule has 11 aromatic carbocycles. The van der Waals surface area contributed by atoms with E-state index >= 15 is 0 Å². The molecule has 0 saturated carbocycles. The van der Waals surface area contributed by atoms with Gasteiger partial charge in [-0.2, -0.15) is 0 Å². The number of rotatable bonds is 8. The van der Waals surface area contributed by atoms with Gasteiger partial charge in [-0.15, -0.1) is 0 Å². The molecule has 3 aromatic heterocycles. The summed E-state index contributed by atoms with van der Waals surface area (Å²) in [6.07, 6.45) is 0. The Balaban J connectivity index is 0.890. The molecule has 0 amide bonds. The summed E-state index contributed by atoms with van der Waals surface area (Å²) in [6, 6.07) is 92.3. The zero-order valence-corrected chi connectivity index (χ0v) is 41.0. The van der Waals surface area contributed by atoms with Crippen molar-refractivity contribution in [2.75, 3.05) is 0 Å². The van der Waals surface area contributed by atoms with Gasteiger partial charge in [-0.05, 0) is 148 Å². The molecule has 0 aliphatic rings. The van der Waals surface area contributed by atoms with E-state index in [0.717, 1.165) is 78.1 Å². The number of nitrogens with zero attached hydrogens (tertiary/aromatic N) is 4. The normalized spacial score (nSPS) is 11.6. The van der Waals surface area contributed by atoms with Crippen molar-refractivity contribution in [3.8, 4) is 78.4 Å². The Labute approximate surface area is 429 Å². The maximum absolute atomic E-state index is 5.48. The van der Waals surface area contributed by atoms with E-state index in [0.29, 0.717) is 0 Å². The van der Waals surface area contributed by atoms with Crippen LogP contribution in [0.5, 0.6) is 0 Å². The van der Waals surface area contributed by atoms with Crippen LogP contribution >= 0.6 is 0 Å². The zero-order chi connectivity index (χ0) is 49.3. The highest BCUT2D eigenvalue weighted by Gasteiger charge is 2.20. The van der Waals surface area contributed by atoms with Gasteiger partial charge in [0.15, 0.2) is 0 Å². The minimum atomic E-state index is 0.850. The average Bonchev–Trinajstić information content (AvgIpc) is 3.97. The minimum Gasteiger partial charge on any atom is -0.309 e. The van der Waals surface area contributed by atoms with Crippen molar-refractivity contribution in [1.82, 2.24) is 19.1 Å². The third kappa shape index (κ3) is 7.38. The van der Waals surface area contributed by atoms with Crippen LogP contribution in [0.25, 0.3) is 133 Å². The smallest absolute Gasteiger partial charge is 0.0973 e. The van der Waals surface area contributed by atoms with Crippen LogP contribution in [0.1, 0.15) is 11.1 Å². The fourth-order valence-electron chi connectivity index (χ4n) is 11.3. The molecule has 0 N–H and O–H groups in total. The van der Waals surface area contributed by atoms with E-state index < -0.39 is 0 Å². The predicted octanol–water partition coefficient (Wildman–Crippen LogP) is 18.4. The van der Waals surface area contributed by atoms with Crippen LogP contribution in [0.4, 0.5) is 0 Å². The fraction of sp³-hybridized carbons (Fsp3) is 0.0286. The van der Waals surface area contributed by atoms with Gasteiger partial charge in [0.25, 0.3) is 0 Å². The van der Waals surface area contributed by atoms with Crippen LogP contribution < -0.4 is 0 Å². The van der Waals surface area contributed by atoms with Crippen molar-refractivity contribution >= 4 is 54.6 Å². The molecular formula is C70H48N4. The molecule has 0 spiro atoms. The molecule has 0 aliphatic carbocycles. The lowest BCUT2D eigenvalue weighted by Crippen LogP contribution is -1.99. The van der Waals surface area contributed by atoms with Crippen molar-refractivity contribution in [3.63, 3.8) is 0 Å². The quantitative estimate of drug-likeness (QED) is 0.152. The minimum absolute atomic E-state index is 0.850. The highest BCUT2D eigenvalue weighted by Crippen LogP contribution is 2.41.